The van der Waals surface area contributed by atoms with Gasteiger partial charge >= 0.3 is 5.91 Å². The molecule has 2 aromatic rings. The number of methoxy groups -OCH3 is 2. The summed E-state index contributed by atoms with van der Waals surface area (Å²) >= 11 is 1.34. The van der Waals surface area contributed by atoms with Crippen molar-refractivity contribution in [1.29, 1.82) is 0 Å². The number of hydrogen-bond donors (Lipinski definition) is 0. The van der Waals surface area contributed by atoms with Crippen LogP contribution in [0.5, 0.6) is 11.5 Å². The van der Waals surface area contributed by atoms with Crippen molar-refractivity contribution in [2.24, 2.45) is 12.0 Å². The van der Waals surface area contributed by atoms with Gasteiger partial charge < -0.3 is 23.5 Å². The molecule has 1 aliphatic heterocycles. The first-order chi connectivity index (χ1) is 11.2. The Bertz CT molecular complexity index is 849. The molecule has 1 aromatic heterocycles. The smallest absolute Gasteiger partial charge is 0.317 e. The predicted molar refractivity (Wildman–Crippen MR) is 84.5 cm³/mol. The fraction of sp³-hybridized carbons (Fsp3) is 0.333. The Morgan fingerprint density at radius 2 is 2.00 bits per heavy atom. The molecule has 2 heterocycles. The highest BCUT2D eigenvalue weighted by Crippen LogP contribution is 2.34. The summed E-state index contributed by atoms with van der Waals surface area (Å²) in [7, 11) is 5.01. The number of carbonyl (C=O) groups excluding carboxylic acids is 1. The Balaban J connectivity index is 2.15. The van der Waals surface area contributed by atoms with Crippen molar-refractivity contribution in [3.8, 4) is 11.5 Å². The second kappa shape index (κ2) is 6.33. The van der Waals surface area contributed by atoms with Crippen LogP contribution in [0, 0.1) is 0 Å². The minimum absolute atomic E-state index is 0.104. The number of aromatic nitrogens is 1. The SMILES string of the molecule is COc1ccc(OC)c2c1sc(=NC(=O)C1=COCCO1)n2C. The van der Waals surface area contributed by atoms with Gasteiger partial charge in [0.25, 0.3) is 0 Å². The predicted octanol–water partition coefficient (Wildman–Crippen LogP) is 1.57. The number of benzene rings is 1. The number of carbonyl (C=O) groups is 1. The van der Waals surface area contributed by atoms with Gasteiger partial charge in [0, 0.05) is 7.05 Å². The lowest BCUT2D eigenvalue weighted by molar-refractivity contribution is -0.119. The van der Waals surface area contributed by atoms with Crippen molar-refractivity contribution in [2.45, 2.75) is 0 Å². The lowest BCUT2D eigenvalue weighted by Crippen LogP contribution is -2.18. The average Bonchev–Trinajstić information content (AvgIpc) is 2.92. The Kier molecular flexibility index (Phi) is 4.24. The Morgan fingerprint density at radius 3 is 2.65 bits per heavy atom. The summed E-state index contributed by atoms with van der Waals surface area (Å²) in [6, 6.07) is 3.64. The molecule has 3 rings (SSSR count). The van der Waals surface area contributed by atoms with Gasteiger partial charge in [0.2, 0.25) is 5.76 Å². The van der Waals surface area contributed by atoms with Crippen LogP contribution in [0.3, 0.4) is 0 Å². The van der Waals surface area contributed by atoms with Crippen molar-refractivity contribution >= 4 is 27.5 Å². The molecule has 7 nitrogen and oxygen atoms in total. The van der Waals surface area contributed by atoms with Gasteiger partial charge in [-0.15, -0.1) is 0 Å². The van der Waals surface area contributed by atoms with Crippen molar-refractivity contribution < 1.29 is 23.7 Å². The summed E-state index contributed by atoms with van der Waals surface area (Å²) in [5.74, 6) is 1.01. The van der Waals surface area contributed by atoms with E-state index in [-0.39, 0.29) is 5.76 Å². The van der Waals surface area contributed by atoms with Gasteiger partial charge in [0.1, 0.15) is 41.2 Å². The summed E-state index contributed by atoms with van der Waals surface area (Å²) in [5.41, 5.74) is 0.818. The third kappa shape index (κ3) is 2.77. The van der Waals surface area contributed by atoms with E-state index in [9.17, 15) is 4.79 Å². The van der Waals surface area contributed by atoms with Crippen LogP contribution in [0.2, 0.25) is 0 Å². The summed E-state index contributed by atoms with van der Waals surface area (Å²) in [6.45, 7) is 0.773. The Hall–Kier alpha value is -2.48. The van der Waals surface area contributed by atoms with Crippen molar-refractivity contribution in [3.05, 3.63) is 29.0 Å². The first-order valence-corrected chi connectivity index (χ1v) is 7.71. The van der Waals surface area contributed by atoms with E-state index in [1.165, 1.54) is 17.6 Å². The highest BCUT2D eigenvalue weighted by atomic mass is 32.1. The molecule has 0 aliphatic carbocycles. The standard InChI is InChI=1S/C15H16N2O5S/c1-17-12-9(19-2)4-5-10(20-3)13(12)23-15(17)16-14(18)11-8-21-6-7-22-11/h4-5,8H,6-7H2,1-3H3. The minimum atomic E-state index is -0.482. The molecule has 1 amide bonds. The molecule has 0 saturated carbocycles. The molecular formula is C15H16N2O5S. The molecule has 0 bridgehead atoms. The normalized spacial score (nSPS) is 14.9. The van der Waals surface area contributed by atoms with Gasteiger partial charge in [0.15, 0.2) is 4.80 Å². The van der Waals surface area contributed by atoms with Crippen LogP contribution in [0.15, 0.2) is 29.1 Å². The van der Waals surface area contributed by atoms with Gasteiger partial charge in [-0.05, 0) is 12.1 Å². The number of nitrogens with zero attached hydrogens (tertiary/aromatic N) is 2. The number of fused-ring (bicyclic) bond motifs is 1. The van der Waals surface area contributed by atoms with Gasteiger partial charge in [-0.25, -0.2) is 0 Å². The van der Waals surface area contributed by atoms with E-state index in [1.807, 2.05) is 19.2 Å². The molecule has 0 fully saturated rings. The van der Waals surface area contributed by atoms with E-state index in [2.05, 4.69) is 4.99 Å². The highest BCUT2D eigenvalue weighted by Gasteiger charge is 2.17. The van der Waals surface area contributed by atoms with E-state index >= 15 is 0 Å². The van der Waals surface area contributed by atoms with E-state index in [1.54, 1.807) is 18.8 Å². The number of hydrogen-bond acceptors (Lipinski definition) is 6. The number of amides is 1. The minimum Gasteiger partial charge on any atom is -0.495 e. The van der Waals surface area contributed by atoms with Crippen molar-refractivity contribution in [1.82, 2.24) is 4.57 Å². The number of rotatable bonds is 3. The van der Waals surface area contributed by atoms with Crippen molar-refractivity contribution in [2.75, 3.05) is 27.4 Å². The van der Waals surface area contributed by atoms with Gasteiger partial charge in [-0.3, -0.25) is 4.79 Å². The number of thiazole rings is 1. The monoisotopic (exact) mass is 336 g/mol. The summed E-state index contributed by atoms with van der Waals surface area (Å²) in [4.78, 5) is 16.8. The highest BCUT2D eigenvalue weighted by molar-refractivity contribution is 7.16. The number of aryl methyl sites for hydroxylation is 1. The van der Waals surface area contributed by atoms with Crippen LogP contribution >= 0.6 is 11.3 Å². The lowest BCUT2D eigenvalue weighted by atomic mass is 10.3. The van der Waals surface area contributed by atoms with Crippen LogP contribution in [0.4, 0.5) is 0 Å². The summed E-state index contributed by atoms with van der Waals surface area (Å²) in [6.07, 6.45) is 1.30. The van der Waals surface area contributed by atoms with Gasteiger partial charge in [-0.2, -0.15) is 4.99 Å². The maximum atomic E-state index is 12.2. The van der Waals surface area contributed by atoms with Gasteiger partial charge in [-0.1, -0.05) is 11.3 Å². The molecule has 0 atom stereocenters. The van der Waals surface area contributed by atoms with E-state index in [4.69, 9.17) is 18.9 Å². The van der Waals surface area contributed by atoms with Gasteiger partial charge in [0.05, 0.1) is 14.2 Å². The van der Waals surface area contributed by atoms with Crippen LogP contribution in [0.1, 0.15) is 0 Å². The molecule has 0 spiro atoms. The zero-order valence-corrected chi connectivity index (χ0v) is 13.8. The Morgan fingerprint density at radius 1 is 1.26 bits per heavy atom. The van der Waals surface area contributed by atoms with Crippen LogP contribution in [0.25, 0.3) is 10.2 Å². The quantitative estimate of drug-likeness (QED) is 0.851. The third-order valence-electron chi connectivity index (χ3n) is 3.37. The fourth-order valence-electron chi connectivity index (χ4n) is 2.25. The molecule has 0 unspecified atom stereocenters. The summed E-state index contributed by atoms with van der Waals surface area (Å²) < 4.78 is 23.8. The van der Waals surface area contributed by atoms with E-state index in [0.717, 1.165) is 10.2 Å². The molecular weight excluding hydrogens is 320 g/mol. The molecule has 8 heteroatoms. The number of ether oxygens (including phenoxy) is 4. The van der Waals surface area contributed by atoms with E-state index in [0.29, 0.717) is 29.5 Å². The molecule has 0 N–H and O–H groups in total. The first-order valence-electron chi connectivity index (χ1n) is 6.90. The van der Waals surface area contributed by atoms with Crippen LogP contribution in [-0.2, 0) is 21.3 Å². The Labute approximate surface area is 136 Å². The molecule has 1 aromatic carbocycles. The maximum absolute atomic E-state index is 12.2. The molecule has 0 saturated heterocycles. The molecule has 1 aliphatic rings. The second-order valence-corrected chi connectivity index (χ2v) is 5.69. The van der Waals surface area contributed by atoms with Crippen LogP contribution in [-0.4, -0.2) is 37.9 Å². The molecule has 23 heavy (non-hydrogen) atoms. The molecule has 0 radical (unpaired) electrons. The van der Waals surface area contributed by atoms with Crippen molar-refractivity contribution in [3.63, 3.8) is 0 Å². The zero-order valence-electron chi connectivity index (χ0n) is 13.0. The fourth-order valence-corrected chi connectivity index (χ4v) is 3.38. The second-order valence-electron chi connectivity index (χ2n) is 4.71. The molecule has 122 valence electrons. The maximum Gasteiger partial charge on any atom is 0.317 e. The van der Waals surface area contributed by atoms with E-state index < -0.39 is 5.91 Å². The topological polar surface area (TPSA) is 71.3 Å². The third-order valence-corrected chi connectivity index (χ3v) is 4.52. The summed E-state index contributed by atoms with van der Waals surface area (Å²) in [5, 5.41) is 0. The zero-order chi connectivity index (χ0) is 16.4. The van der Waals surface area contributed by atoms with Crippen LogP contribution < -0.4 is 14.3 Å². The first kappa shape index (κ1) is 15.4. The lowest BCUT2D eigenvalue weighted by Gasteiger charge is -2.12. The largest absolute Gasteiger partial charge is 0.495 e. The average molecular weight is 336 g/mol.